The molecule has 0 aliphatic carbocycles. The molecule has 0 aliphatic heterocycles. The van der Waals surface area contributed by atoms with Gasteiger partial charge in [-0.3, -0.25) is 4.79 Å². The van der Waals surface area contributed by atoms with E-state index >= 15 is 0 Å². The molecule has 4 nitrogen and oxygen atoms in total. The van der Waals surface area contributed by atoms with E-state index in [0.717, 1.165) is 23.9 Å². The number of benzene rings is 1. The third kappa shape index (κ3) is 3.81. The molecule has 0 radical (unpaired) electrons. The maximum Gasteiger partial charge on any atom is 0.185 e. The van der Waals surface area contributed by atoms with Crippen LogP contribution in [0.5, 0.6) is 0 Å². The average molecular weight is 269 g/mol. The maximum atomic E-state index is 12.9. The molecule has 0 saturated carbocycles. The molecule has 96 valence electrons. The summed E-state index contributed by atoms with van der Waals surface area (Å²) in [5, 5.41) is 28.2. The van der Waals surface area contributed by atoms with E-state index in [0.29, 0.717) is 0 Å². The van der Waals surface area contributed by atoms with Crippen LogP contribution in [0.1, 0.15) is 24.2 Å². The molecular weight excluding hydrogens is 257 g/mol. The molecule has 0 aromatic heterocycles. The van der Waals surface area contributed by atoms with Crippen molar-refractivity contribution in [2.24, 2.45) is 0 Å². The molecule has 2 atom stereocenters. The summed E-state index contributed by atoms with van der Waals surface area (Å²) in [6.45, 7) is 1.35. The van der Waals surface area contributed by atoms with Crippen LogP contribution < -0.4 is 0 Å². The first kappa shape index (κ1) is 14.6. The number of nitrogens with zero attached hydrogens (tertiary/aromatic N) is 1. The van der Waals surface area contributed by atoms with Gasteiger partial charge in [0, 0.05) is 18.2 Å². The van der Waals surface area contributed by atoms with Crippen LogP contribution in [-0.2, 0) is 4.79 Å². The van der Waals surface area contributed by atoms with E-state index < -0.39 is 18.0 Å². The lowest BCUT2D eigenvalue weighted by Gasteiger charge is -2.18. The van der Waals surface area contributed by atoms with E-state index in [2.05, 4.69) is 0 Å². The first-order chi connectivity index (χ1) is 8.45. The number of aliphatic hydroxyl groups is 2. The Morgan fingerprint density at radius 1 is 1.56 bits per heavy atom. The van der Waals surface area contributed by atoms with Crippen molar-refractivity contribution in [2.75, 3.05) is 5.75 Å². The monoisotopic (exact) mass is 269 g/mol. The third-order valence-corrected chi connectivity index (χ3v) is 3.19. The van der Waals surface area contributed by atoms with Gasteiger partial charge in [0.05, 0.1) is 17.7 Å². The Labute approximate surface area is 108 Å². The first-order valence-electron chi connectivity index (χ1n) is 5.14. The highest BCUT2D eigenvalue weighted by molar-refractivity contribution is 8.13. The van der Waals surface area contributed by atoms with Gasteiger partial charge in [-0.2, -0.15) is 5.26 Å². The van der Waals surface area contributed by atoms with Crippen molar-refractivity contribution in [3.05, 3.63) is 35.1 Å². The Morgan fingerprint density at radius 2 is 2.22 bits per heavy atom. The fourth-order valence-electron chi connectivity index (χ4n) is 1.38. The van der Waals surface area contributed by atoms with Crippen LogP contribution in [0.15, 0.2) is 18.2 Å². The van der Waals surface area contributed by atoms with Gasteiger partial charge >= 0.3 is 0 Å². The van der Waals surface area contributed by atoms with Crippen molar-refractivity contribution in [2.45, 2.75) is 19.1 Å². The standard InChI is InChI=1S/C12H12FNO3S/c1-7(15)18-6-11(16)12(17)10-3-2-9(13)4-8(10)5-14/h2-4,11-12,16-17H,6H2,1H3. The normalized spacial score (nSPS) is 13.7. The van der Waals surface area contributed by atoms with Crippen LogP contribution in [0, 0.1) is 17.1 Å². The van der Waals surface area contributed by atoms with Crippen LogP contribution in [0.2, 0.25) is 0 Å². The lowest BCUT2D eigenvalue weighted by atomic mass is 10.00. The molecule has 0 fully saturated rings. The smallest absolute Gasteiger partial charge is 0.185 e. The Balaban J connectivity index is 2.86. The second-order valence-corrected chi connectivity index (χ2v) is 4.86. The van der Waals surface area contributed by atoms with Gasteiger partial charge < -0.3 is 10.2 Å². The van der Waals surface area contributed by atoms with Crippen LogP contribution in [-0.4, -0.2) is 27.2 Å². The van der Waals surface area contributed by atoms with Crippen molar-refractivity contribution in [1.82, 2.24) is 0 Å². The van der Waals surface area contributed by atoms with Gasteiger partial charge in [-0.25, -0.2) is 4.39 Å². The number of hydrogen-bond donors (Lipinski definition) is 2. The van der Waals surface area contributed by atoms with Crippen molar-refractivity contribution < 1.29 is 19.4 Å². The first-order valence-corrected chi connectivity index (χ1v) is 6.13. The molecule has 1 aromatic carbocycles. The largest absolute Gasteiger partial charge is 0.389 e. The van der Waals surface area contributed by atoms with E-state index in [4.69, 9.17) is 5.26 Å². The minimum absolute atomic E-state index is 0.0126. The van der Waals surface area contributed by atoms with E-state index in [1.54, 1.807) is 6.07 Å². The zero-order valence-electron chi connectivity index (χ0n) is 9.63. The summed E-state index contributed by atoms with van der Waals surface area (Å²) in [6.07, 6.45) is -2.52. The molecular formula is C12H12FNO3S. The van der Waals surface area contributed by atoms with Crippen molar-refractivity contribution >= 4 is 16.9 Å². The van der Waals surface area contributed by atoms with E-state index in [9.17, 15) is 19.4 Å². The molecule has 2 unspecified atom stereocenters. The molecule has 0 aliphatic rings. The van der Waals surface area contributed by atoms with Crippen LogP contribution >= 0.6 is 11.8 Å². The number of carbonyl (C=O) groups is 1. The maximum absolute atomic E-state index is 12.9. The van der Waals surface area contributed by atoms with Gasteiger partial charge in [-0.15, -0.1) is 0 Å². The Kier molecular flexibility index (Phi) is 5.28. The minimum atomic E-state index is -1.33. The van der Waals surface area contributed by atoms with Gasteiger partial charge in [0.15, 0.2) is 5.12 Å². The van der Waals surface area contributed by atoms with Crippen LogP contribution in [0.3, 0.4) is 0 Å². The summed E-state index contributed by atoms with van der Waals surface area (Å²) >= 11 is 0.873. The number of aliphatic hydroxyl groups excluding tert-OH is 2. The lowest BCUT2D eigenvalue weighted by molar-refractivity contribution is -0.109. The second kappa shape index (κ2) is 6.50. The van der Waals surface area contributed by atoms with Gasteiger partial charge in [0.2, 0.25) is 0 Å². The lowest BCUT2D eigenvalue weighted by Crippen LogP contribution is -2.22. The molecule has 18 heavy (non-hydrogen) atoms. The fraction of sp³-hybridized carbons (Fsp3) is 0.333. The molecule has 0 heterocycles. The highest BCUT2D eigenvalue weighted by Crippen LogP contribution is 2.23. The molecule has 1 rings (SSSR count). The Morgan fingerprint density at radius 3 is 2.78 bits per heavy atom. The minimum Gasteiger partial charge on any atom is -0.389 e. The van der Waals surface area contributed by atoms with E-state index in [1.165, 1.54) is 13.0 Å². The summed E-state index contributed by atoms with van der Waals surface area (Å²) in [7, 11) is 0. The zero-order valence-corrected chi connectivity index (χ0v) is 10.4. The number of rotatable bonds is 4. The van der Waals surface area contributed by atoms with Gasteiger partial charge in [-0.1, -0.05) is 17.8 Å². The van der Waals surface area contributed by atoms with E-state index in [-0.39, 0.29) is 22.0 Å². The Hall–Kier alpha value is -1.42. The summed E-state index contributed by atoms with van der Waals surface area (Å²) in [4.78, 5) is 10.7. The topological polar surface area (TPSA) is 81.3 Å². The highest BCUT2D eigenvalue weighted by atomic mass is 32.2. The second-order valence-electron chi connectivity index (χ2n) is 3.66. The fourth-order valence-corrected chi connectivity index (χ4v) is 1.97. The van der Waals surface area contributed by atoms with Crippen molar-refractivity contribution in [1.29, 1.82) is 5.26 Å². The number of thioether (sulfide) groups is 1. The molecule has 1 aromatic rings. The summed E-state index contributed by atoms with van der Waals surface area (Å²) in [6, 6.07) is 5.09. The predicted octanol–water partition coefficient (Wildman–Crippen LogP) is 1.37. The molecule has 0 spiro atoms. The van der Waals surface area contributed by atoms with Crippen LogP contribution in [0.4, 0.5) is 4.39 Å². The van der Waals surface area contributed by atoms with E-state index in [1.807, 2.05) is 0 Å². The summed E-state index contributed by atoms with van der Waals surface area (Å²) in [5.74, 6) is -0.575. The average Bonchev–Trinajstić information content (AvgIpc) is 2.34. The quantitative estimate of drug-likeness (QED) is 0.862. The molecule has 0 amide bonds. The predicted molar refractivity (Wildman–Crippen MR) is 65.2 cm³/mol. The number of hydrogen-bond acceptors (Lipinski definition) is 5. The number of nitriles is 1. The zero-order chi connectivity index (χ0) is 13.7. The number of carbonyl (C=O) groups excluding carboxylic acids is 1. The van der Waals surface area contributed by atoms with Crippen LogP contribution in [0.25, 0.3) is 0 Å². The van der Waals surface area contributed by atoms with Gasteiger partial charge in [-0.05, 0) is 12.1 Å². The highest BCUT2D eigenvalue weighted by Gasteiger charge is 2.22. The Bertz CT molecular complexity index is 487. The number of halogens is 1. The van der Waals surface area contributed by atoms with Gasteiger partial charge in [0.1, 0.15) is 11.9 Å². The summed E-state index contributed by atoms with van der Waals surface area (Å²) in [5.41, 5.74) is 0.116. The molecule has 2 N–H and O–H groups in total. The van der Waals surface area contributed by atoms with Gasteiger partial charge in [0.25, 0.3) is 0 Å². The molecule has 0 saturated heterocycles. The summed E-state index contributed by atoms with van der Waals surface area (Å²) < 4.78 is 12.9. The van der Waals surface area contributed by atoms with Crippen molar-refractivity contribution in [3.63, 3.8) is 0 Å². The van der Waals surface area contributed by atoms with Crippen molar-refractivity contribution in [3.8, 4) is 6.07 Å². The molecule has 6 heteroatoms. The third-order valence-electron chi connectivity index (χ3n) is 2.28. The SMILES string of the molecule is CC(=O)SCC(O)C(O)c1ccc(F)cc1C#N. The molecule has 0 bridgehead atoms.